The van der Waals surface area contributed by atoms with Crippen molar-refractivity contribution in [2.75, 3.05) is 47.4 Å². The van der Waals surface area contributed by atoms with Crippen LogP contribution >= 0.6 is 0 Å². The lowest BCUT2D eigenvalue weighted by atomic mass is 10.4. The molecule has 0 unspecified atom stereocenters. The van der Waals surface area contributed by atoms with Crippen molar-refractivity contribution in [3.05, 3.63) is 0 Å². The van der Waals surface area contributed by atoms with Gasteiger partial charge < -0.3 is 14.4 Å². The molecule has 0 aromatic rings. The summed E-state index contributed by atoms with van der Waals surface area (Å²) in [7, 11) is 4.17. The van der Waals surface area contributed by atoms with E-state index in [-0.39, 0.29) is 0 Å². The van der Waals surface area contributed by atoms with Crippen molar-refractivity contribution >= 4 is 0 Å². The third-order valence-corrected chi connectivity index (χ3v) is 1.79. The van der Waals surface area contributed by atoms with Gasteiger partial charge in [-0.25, -0.2) is 0 Å². The number of ether oxygens (including phenoxy) is 2. The first-order valence-corrected chi connectivity index (χ1v) is 4.31. The minimum absolute atomic E-state index is 0.449. The van der Waals surface area contributed by atoms with Crippen LogP contribution in [0, 0.1) is 0 Å². The van der Waals surface area contributed by atoms with Crippen LogP contribution in [0.4, 0.5) is 0 Å². The third-order valence-electron chi connectivity index (χ3n) is 1.79. The summed E-state index contributed by atoms with van der Waals surface area (Å²) in [4.78, 5) is 4.35. The number of hydrogen-bond acceptors (Lipinski definition) is 4. The fourth-order valence-electron chi connectivity index (χ4n) is 1.17. The molecule has 0 radical (unpaired) electrons. The summed E-state index contributed by atoms with van der Waals surface area (Å²) < 4.78 is 10.3. The molecule has 0 aromatic carbocycles. The molecule has 1 aliphatic rings. The standard InChI is InChI=1S/C8H18N2O2/c1-9(2)4-3-5-10-6-11-8-12-7-10/h3-8H2,1-2H3. The van der Waals surface area contributed by atoms with Crippen LogP contribution in [0.5, 0.6) is 0 Å². The van der Waals surface area contributed by atoms with Gasteiger partial charge in [-0.2, -0.15) is 0 Å². The molecule has 4 nitrogen and oxygen atoms in total. The Labute approximate surface area is 74.0 Å². The molecule has 1 rings (SSSR count). The second kappa shape index (κ2) is 5.48. The molecule has 1 aliphatic heterocycles. The highest BCUT2D eigenvalue weighted by atomic mass is 16.7. The van der Waals surface area contributed by atoms with E-state index in [1.54, 1.807) is 0 Å². The minimum Gasteiger partial charge on any atom is -0.340 e. The lowest BCUT2D eigenvalue weighted by molar-refractivity contribution is -0.182. The van der Waals surface area contributed by atoms with Crippen LogP contribution in [0.25, 0.3) is 0 Å². The highest BCUT2D eigenvalue weighted by Gasteiger charge is 2.09. The first-order chi connectivity index (χ1) is 5.79. The van der Waals surface area contributed by atoms with Crippen LogP contribution in [0.2, 0.25) is 0 Å². The Kier molecular flexibility index (Phi) is 4.53. The Morgan fingerprint density at radius 1 is 1.25 bits per heavy atom. The molecule has 0 aromatic heterocycles. The lowest BCUT2D eigenvalue weighted by Gasteiger charge is -2.26. The van der Waals surface area contributed by atoms with Gasteiger partial charge in [0.25, 0.3) is 0 Å². The van der Waals surface area contributed by atoms with Crippen LogP contribution in [-0.2, 0) is 9.47 Å². The summed E-state index contributed by atoms with van der Waals surface area (Å²) in [6.45, 7) is 4.06. The number of nitrogens with zero attached hydrogens (tertiary/aromatic N) is 2. The molecular formula is C8H18N2O2. The quantitative estimate of drug-likeness (QED) is 0.606. The van der Waals surface area contributed by atoms with Crippen molar-refractivity contribution in [1.82, 2.24) is 9.80 Å². The van der Waals surface area contributed by atoms with Gasteiger partial charge in [0, 0.05) is 6.54 Å². The van der Waals surface area contributed by atoms with Gasteiger partial charge in [-0.1, -0.05) is 0 Å². The predicted octanol–water partition coefficient (Wildman–Crippen LogP) is 0.159. The summed E-state index contributed by atoms with van der Waals surface area (Å²) in [6, 6.07) is 0. The van der Waals surface area contributed by atoms with Gasteiger partial charge in [0.15, 0.2) is 0 Å². The van der Waals surface area contributed by atoms with Gasteiger partial charge >= 0.3 is 0 Å². The van der Waals surface area contributed by atoms with E-state index in [1.165, 1.54) is 6.42 Å². The summed E-state index contributed by atoms with van der Waals surface area (Å²) in [5, 5.41) is 0. The Morgan fingerprint density at radius 3 is 2.50 bits per heavy atom. The van der Waals surface area contributed by atoms with Crippen LogP contribution in [0.3, 0.4) is 0 Å². The maximum Gasteiger partial charge on any atom is 0.150 e. The van der Waals surface area contributed by atoms with E-state index in [9.17, 15) is 0 Å². The highest BCUT2D eigenvalue weighted by Crippen LogP contribution is 1.99. The van der Waals surface area contributed by atoms with Crippen molar-refractivity contribution in [1.29, 1.82) is 0 Å². The van der Waals surface area contributed by atoms with Crippen molar-refractivity contribution in [2.24, 2.45) is 0 Å². The van der Waals surface area contributed by atoms with Crippen LogP contribution < -0.4 is 0 Å². The summed E-state index contributed by atoms with van der Waals surface area (Å²) >= 11 is 0. The average Bonchev–Trinajstić information content (AvgIpc) is 2.05. The molecule has 1 heterocycles. The Bertz CT molecular complexity index is 114. The topological polar surface area (TPSA) is 24.9 Å². The smallest absolute Gasteiger partial charge is 0.150 e. The number of rotatable bonds is 4. The molecule has 0 amide bonds. The largest absolute Gasteiger partial charge is 0.340 e. The van der Waals surface area contributed by atoms with Crippen LogP contribution in [0.15, 0.2) is 0 Å². The maximum atomic E-state index is 5.13. The summed E-state index contributed by atoms with van der Waals surface area (Å²) in [6.07, 6.45) is 1.17. The molecule has 0 N–H and O–H groups in total. The van der Waals surface area contributed by atoms with Gasteiger partial charge in [-0.15, -0.1) is 0 Å². The van der Waals surface area contributed by atoms with E-state index in [0.717, 1.165) is 13.1 Å². The van der Waals surface area contributed by atoms with E-state index in [0.29, 0.717) is 20.3 Å². The van der Waals surface area contributed by atoms with Gasteiger partial charge in [0.2, 0.25) is 0 Å². The first kappa shape index (κ1) is 9.92. The zero-order valence-corrected chi connectivity index (χ0v) is 7.95. The Balaban J connectivity index is 1.98. The molecule has 0 saturated carbocycles. The molecule has 0 atom stereocenters. The average molecular weight is 174 g/mol. The molecule has 0 aliphatic carbocycles. The van der Waals surface area contributed by atoms with Gasteiger partial charge in [-0.3, -0.25) is 4.90 Å². The predicted molar refractivity (Wildman–Crippen MR) is 46.6 cm³/mol. The monoisotopic (exact) mass is 174 g/mol. The molecular weight excluding hydrogens is 156 g/mol. The second-order valence-corrected chi connectivity index (χ2v) is 3.34. The second-order valence-electron chi connectivity index (χ2n) is 3.34. The Hall–Kier alpha value is -0.160. The molecule has 0 spiro atoms. The SMILES string of the molecule is CN(C)CCCN1COCOC1. The Morgan fingerprint density at radius 2 is 1.92 bits per heavy atom. The fraction of sp³-hybridized carbons (Fsp3) is 1.00. The first-order valence-electron chi connectivity index (χ1n) is 4.31. The van der Waals surface area contributed by atoms with E-state index >= 15 is 0 Å². The molecule has 1 saturated heterocycles. The van der Waals surface area contributed by atoms with Crippen molar-refractivity contribution < 1.29 is 9.47 Å². The van der Waals surface area contributed by atoms with Crippen LogP contribution in [0.1, 0.15) is 6.42 Å². The summed E-state index contributed by atoms with van der Waals surface area (Å²) in [5.41, 5.74) is 0. The molecule has 12 heavy (non-hydrogen) atoms. The van der Waals surface area contributed by atoms with Gasteiger partial charge in [0.05, 0.1) is 0 Å². The molecule has 0 bridgehead atoms. The zero-order chi connectivity index (χ0) is 8.81. The van der Waals surface area contributed by atoms with Crippen molar-refractivity contribution in [3.8, 4) is 0 Å². The third kappa shape index (κ3) is 4.01. The molecule has 1 fully saturated rings. The highest BCUT2D eigenvalue weighted by molar-refractivity contribution is 4.52. The minimum atomic E-state index is 0.449. The van der Waals surface area contributed by atoms with E-state index < -0.39 is 0 Å². The van der Waals surface area contributed by atoms with Gasteiger partial charge in [0.1, 0.15) is 20.3 Å². The van der Waals surface area contributed by atoms with Crippen molar-refractivity contribution in [3.63, 3.8) is 0 Å². The van der Waals surface area contributed by atoms with Crippen molar-refractivity contribution in [2.45, 2.75) is 6.42 Å². The number of hydrogen-bond donors (Lipinski definition) is 0. The normalized spacial score (nSPS) is 20.2. The summed E-state index contributed by atoms with van der Waals surface area (Å²) in [5.74, 6) is 0. The zero-order valence-electron chi connectivity index (χ0n) is 7.95. The van der Waals surface area contributed by atoms with Crippen LogP contribution in [-0.4, -0.2) is 57.2 Å². The maximum absolute atomic E-state index is 5.13. The molecule has 4 heteroatoms. The van der Waals surface area contributed by atoms with E-state index in [4.69, 9.17) is 9.47 Å². The van der Waals surface area contributed by atoms with E-state index in [2.05, 4.69) is 23.9 Å². The van der Waals surface area contributed by atoms with E-state index in [1.807, 2.05) is 0 Å². The van der Waals surface area contributed by atoms with Gasteiger partial charge in [-0.05, 0) is 27.1 Å². The fourth-order valence-corrected chi connectivity index (χ4v) is 1.17. The lowest BCUT2D eigenvalue weighted by Crippen LogP contribution is -2.36. The molecule has 72 valence electrons.